The van der Waals surface area contributed by atoms with E-state index in [0.29, 0.717) is 17.7 Å². The Labute approximate surface area is 127 Å². The minimum Gasteiger partial charge on any atom is -0.314 e. The summed E-state index contributed by atoms with van der Waals surface area (Å²) in [6.07, 6.45) is 3.48. The van der Waals surface area contributed by atoms with Gasteiger partial charge in [0, 0.05) is 30.4 Å². The molecule has 0 fully saturated rings. The van der Waals surface area contributed by atoms with E-state index >= 15 is 0 Å². The first-order valence-electron chi connectivity index (χ1n) is 6.97. The molecule has 112 valence electrons. The van der Waals surface area contributed by atoms with Gasteiger partial charge in [0.1, 0.15) is 11.6 Å². The van der Waals surface area contributed by atoms with Crippen LogP contribution in [-0.2, 0) is 6.54 Å². The lowest BCUT2D eigenvalue weighted by atomic mass is 10.0. The van der Waals surface area contributed by atoms with Gasteiger partial charge in [0.15, 0.2) is 0 Å². The quantitative estimate of drug-likeness (QED) is 0.626. The number of nitriles is 1. The van der Waals surface area contributed by atoms with Crippen molar-refractivity contribution in [1.29, 1.82) is 5.26 Å². The summed E-state index contributed by atoms with van der Waals surface area (Å²) >= 11 is 0. The molecule has 0 unspecified atom stereocenters. The highest BCUT2D eigenvalue weighted by Crippen LogP contribution is 2.23. The molecule has 1 aromatic carbocycles. The van der Waals surface area contributed by atoms with Gasteiger partial charge in [-0.25, -0.2) is 0 Å². The first-order valence-corrected chi connectivity index (χ1v) is 6.97. The largest absolute Gasteiger partial charge is 0.314 e. The van der Waals surface area contributed by atoms with Crippen LogP contribution in [0.15, 0.2) is 41.3 Å². The normalized spacial score (nSPS) is 10.2. The summed E-state index contributed by atoms with van der Waals surface area (Å²) in [6.45, 7) is 2.60. The third kappa shape index (κ3) is 3.04. The Kier molecular flexibility index (Phi) is 4.69. The van der Waals surface area contributed by atoms with E-state index < -0.39 is 4.92 Å². The number of aryl methyl sites for hydroxylation is 1. The van der Waals surface area contributed by atoms with Gasteiger partial charge in [-0.2, -0.15) is 5.26 Å². The van der Waals surface area contributed by atoms with Crippen LogP contribution >= 0.6 is 0 Å². The predicted molar refractivity (Wildman–Crippen MR) is 82.4 cm³/mol. The minimum atomic E-state index is -0.488. The van der Waals surface area contributed by atoms with E-state index in [0.717, 1.165) is 12.8 Å². The van der Waals surface area contributed by atoms with E-state index in [-0.39, 0.29) is 16.8 Å². The van der Waals surface area contributed by atoms with Gasteiger partial charge in [-0.1, -0.05) is 13.3 Å². The smallest absolute Gasteiger partial charge is 0.269 e. The summed E-state index contributed by atoms with van der Waals surface area (Å²) in [7, 11) is 0. The predicted octanol–water partition coefficient (Wildman–Crippen LogP) is 3.10. The molecule has 0 bridgehead atoms. The van der Waals surface area contributed by atoms with Crippen LogP contribution in [0.3, 0.4) is 0 Å². The van der Waals surface area contributed by atoms with E-state index in [1.54, 1.807) is 24.4 Å². The molecule has 0 aliphatic carbocycles. The SMILES string of the molecule is CCCCn1ccc(-c2ccc([N+](=O)[O-])cc2)c(C#N)c1=O. The highest BCUT2D eigenvalue weighted by atomic mass is 16.6. The number of hydrogen-bond acceptors (Lipinski definition) is 4. The maximum absolute atomic E-state index is 12.3. The average molecular weight is 297 g/mol. The molecule has 2 aromatic rings. The van der Waals surface area contributed by atoms with Gasteiger partial charge < -0.3 is 4.57 Å². The number of nitro groups is 1. The van der Waals surface area contributed by atoms with Crippen molar-refractivity contribution in [2.24, 2.45) is 0 Å². The summed E-state index contributed by atoms with van der Waals surface area (Å²) in [6, 6.07) is 9.47. The van der Waals surface area contributed by atoms with Gasteiger partial charge in [-0.3, -0.25) is 14.9 Å². The zero-order valence-electron chi connectivity index (χ0n) is 12.2. The van der Waals surface area contributed by atoms with E-state index in [1.807, 2.05) is 13.0 Å². The highest BCUT2D eigenvalue weighted by molar-refractivity contribution is 5.70. The summed E-state index contributed by atoms with van der Waals surface area (Å²) in [5.41, 5.74) is 0.815. The van der Waals surface area contributed by atoms with Crippen LogP contribution in [0.25, 0.3) is 11.1 Å². The monoisotopic (exact) mass is 297 g/mol. The molecule has 2 rings (SSSR count). The molecule has 0 spiro atoms. The van der Waals surface area contributed by atoms with E-state index in [2.05, 4.69) is 0 Å². The van der Waals surface area contributed by atoms with Crippen molar-refractivity contribution in [2.45, 2.75) is 26.3 Å². The van der Waals surface area contributed by atoms with Crippen LogP contribution in [-0.4, -0.2) is 9.49 Å². The minimum absolute atomic E-state index is 0.0291. The maximum atomic E-state index is 12.3. The Morgan fingerprint density at radius 1 is 1.27 bits per heavy atom. The second-order valence-electron chi connectivity index (χ2n) is 4.87. The topological polar surface area (TPSA) is 88.9 Å². The molecular weight excluding hydrogens is 282 g/mol. The van der Waals surface area contributed by atoms with Crippen LogP contribution < -0.4 is 5.56 Å². The molecule has 6 heteroatoms. The first kappa shape index (κ1) is 15.4. The van der Waals surface area contributed by atoms with E-state index in [1.165, 1.54) is 16.7 Å². The van der Waals surface area contributed by atoms with Gasteiger partial charge in [0.25, 0.3) is 11.2 Å². The first-order chi connectivity index (χ1) is 10.6. The van der Waals surface area contributed by atoms with Crippen LogP contribution in [0, 0.1) is 21.4 Å². The Morgan fingerprint density at radius 2 is 1.95 bits per heavy atom. The summed E-state index contributed by atoms with van der Waals surface area (Å²) in [4.78, 5) is 22.5. The van der Waals surface area contributed by atoms with Gasteiger partial charge in [-0.05, 0) is 30.2 Å². The average Bonchev–Trinajstić information content (AvgIpc) is 2.53. The lowest BCUT2D eigenvalue weighted by Crippen LogP contribution is -2.22. The fourth-order valence-corrected chi connectivity index (χ4v) is 2.19. The number of aromatic nitrogens is 1. The van der Waals surface area contributed by atoms with Crippen molar-refractivity contribution in [3.05, 3.63) is 62.6 Å². The zero-order chi connectivity index (χ0) is 16.1. The molecule has 0 saturated heterocycles. The number of non-ortho nitro benzene ring substituents is 1. The van der Waals surface area contributed by atoms with Crippen molar-refractivity contribution >= 4 is 5.69 Å². The second-order valence-corrected chi connectivity index (χ2v) is 4.87. The van der Waals surface area contributed by atoms with Crippen molar-refractivity contribution in [3.8, 4) is 17.2 Å². The standard InChI is InChI=1S/C16H15N3O3/c1-2-3-9-18-10-8-14(15(11-17)16(18)20)12-4-6-13(7-5-12)19(21)22/h4-8,10H,2-3,9H2,1H3. The Balaban J connectivity index is 2.47. The number of benzene rings is 1. The van der Waals surface area contributed by atoms with Crippen LogP contribution in [0.2, 0.25) is 0 Å². The molecule has 0 amide bonds. The van der Waals surface area contributed by atoms with Gasteiger partial charge >= 0.3 is 0 Å². The summed E-state index contributed by atoms with van der Waals surface area (Å²) < 4.78 is 1.52. The Bertz CT molecular complexity index is 786. The van der Waals surface area contributed by atoms with Crippen molar-refractivity contribution in [3.63, 3.8) is 0 Å². The molecule has 22 heavy (non-hydrogen) atoms. The Hall–Kier alpha value is -2.94. The number of hydrogen-bond donors (Lipinski definition) is 0. The summed E-state index contributed by atoms with van der Waals surface area (Å²) in [5.74, 6) is 0. The molecule has 0 aliphatic rings. The van der Waals surface area contributed by atoms with E-state index in [9.17, 15) is 20.2 Å². The van der Waals surface area contributed by atoms with E-state index in [4.69, 9.17) is 0 Å². The second kappa shape index (κ2) is 6.68. The number of pyridine rings is 1. The molecule has 0 N–H and O–H groups in total. The highest BCUT2D eigenvalue weighted by Gasteiger charge is 2.13. The fourth-order valence-electron chi connectivity index (χ4n) is 2.19. The third-order valence-electron chi connectivity index (χ3n) is 3.42. The van der Waals surface area contributed by atoms with Crippen molar-refractivity contribution in [1.82, 2.24) is 4.57 Å². The molecule has 0 atom stereocenters. The van der Waals surface area contributed by atoms with Crippen LogP contribution in [0.5, 0.6) is 0 Å². The Morgan fingerprint density at radius 3 is 2.50 bits per heavy atom. The zero-order valence-corrected chi connectivity index (χ0v) is 12.2. The third-order valence-corrected chi connectivity index (χ3v) is 3.42. The number of nitrogens with zero attached hydrogens (tertiary/aromatic N) is 3. The number of rotatable bonds is 5. The molecule has 6 nitrogen and oxygen atoms in total. The molecule has 1 aromatic heterocycles. The van der Waals surface area contributed by atoms with Gasteiger partial charge in [-0.15, -0.1) is 0 Å². The molecule has 0 saturated carbocycles. The molecule has 0 aliphatic heterocycles. The van der Waals surface area contributed by atoms with Gasteiger partial charge in [0.05, 0.1) is 4.92 Å². The summed E-state index contributed by atoms with van der Waals surface area (Å²) in [5, 5.41) is 20.0. The molecular formula is C16H15N3O3. The maximum Gasteiger partial charge on any atom is 0.269 e. The van der Waals surface area contributed by atoms with Crippen molar-refractivity contribution < 1.29 is 4.92 Å². The molecule has 0 radical (unpaired) electrons. The lowest BCUT2D eigenvalue weighted by Gasteiger charge is -2.09. The molecule has 1 heterocycles. The van der Waals surface area contributed by atoms with Crippen LogP contribution in [0.4, 0.5) is 5.69 Å². The number of nitro benzene ring substituents is 1. The van der Waals surface area contributed by atoms with Gasteiger partial charge in [0.2, 0.25) is 0 Å². The van der Waals surface area contributed by atoms with Crippen molar-refractivity contribution in [2.75, 3.05) is 0 Å². The number of unbranched alkanes of at least 4 members (excludes halogenated alkanes) is 1. The van der Waals surface area contributed by atoms with Crippen LogP contribution in [0.1, 0.15) is 25.3 Å². The fraction of sp³-hybridized carbons (Fsp3) is 0.250. The lowest BCUT2D eigenvalue weighted by molar-refractivity contribution is -0.384.